The molecule has 2 fully saturated rings. The van der Waals surface area contributed by atoms with Crippen molar-refractivity contribution in [2.45, 2.75) is 50.5 Å². The fourth-order valence-electron chi connectivity index (χ4n) is 4.13. The number of hydrogen-bond acceptors (Lipinski definition) is 6. The van der Waals surface area contributed by atoms with Crippen LogP contribution in [0.1, 0.15) is 29.8 Å². The van der Waals surface area contributed by atoms with Crippen molar-refractivity contribution in [1.29, 1.82) is 0 Å². The van der Waals surface area contributed by atoms with Gasteiger partial charge in [-0.05, 0) is 36.4 Å². The maximum Gasteiger partial charge on any atom is 0.237 e. The van der Waals surface area contributed by atoms with Gasteiger partial charge in [-0.3, -0.25) is 19.5 Å². The van der Waals surface area contributed by atoms with E-state index < -0.39 is 0 Å². The van der Waals surface area contributed by atoms with Gasteiger partial charge in [0.2, 0.25) is 11.8 Å². The molecule has 0 bridgehead atoms. The van der Waals surface area contributed by atoms with Gasteiger partial charge in [0.1, 0.15) is 0 Å². The molecule has 4 heterocycles. The predicted octanol–water partition coefficient (Wildman–Crippen LogP) is 1.27. The van der Waals surface area contributed by atoms with E-state index in [1.165, 1.54) is 0 Å². The quantitative estimate of drug-likeness (QED) is 0.607. The summed E-state index contributed by atoms with van der Waals surface area (Å²) >= 11 is 1.65. The van der Waals surface area contributed by atoms with Crippen molar-refractivity contribution in [2.75, 3.05) is 13.1 Å². The molecule has 0 unspecified atom stereocenters. The Morgan fingerprint density at radius 2 is 2.21 bits per heavy atom. The first-order chi connectivity index (χ1) is 14.2. The molecule has 0 saturated carbocycles. The largest absolute Gasteiger partial charge is 0.353 e. The van der Waals surface area contributed by atoms with Crippen LogP contribution in [0.4, 0.5) is 0 Å². The van der Waals surface area contributed by atoms with Crippen LogP contribution in [0.15, 0.2) is 41.9 Å². The smallest absolute Gasteiger partial charge is 0.237 e. The van der Waals surface area contributed by atoms with E-state index in [4.69, 9.17) is 0 Å². The number of nitrogens with one attached hydrogen (secondary N) is 3. The monoisotopic (exact) mass is 413 g/mol. The van der Waals surface area contributed by atoms with Crippen LogP contribution in [0.2, 0.25) is 0 Å². The minimum atomic E-state index is -0.107. The van der Waals surface area contributed by atoms with Gasteiger partial charge >= 0.3 is 0 Å². The lowest BCUT2D eigenvalue weighted by Gasteiger charge is -2.37. The summed E-state index contributed by atoms with van der Waals surface area (Å²) in [5.74, 6) is 0.168. The van der Waals surface area contributed by atoms with Crippen molar-refractivity contribution in [3.05, 3.63) is 52.5 Å². The first kappa shape index (κ1) is 20.0. The molecule has 2 aromatic heterocycles. The van der Waals surface area contributed by atoms with E-state index in [9.17, 15) is 9.59 Å². The molecule has 0 aliphatic carbocycles. The second-order valence-corrected chi connectivity index (χ2v) is 8.67. The minimum absolute atomic E-state index is 0.0656. The molecule has 154 valence electrons. The summed E-state index contributed by atoms with van der Waals surface area (Å²) in [5.41, 5.74) is 1.00. The van der Waals surface area contributed by atoms with Gasteiger partial charge in [0.05, 0.1) is 18.3 Å². The van der Waals surface area contributed by atoms with Gasteiger partial charge in [-0.2, -0.15) is 0 Å². The van der Waals surface area contributed by atoms with E-state index in [-0.39, 0.29) is 29.9 Å². The van der Waals surface area contributed by atoms with E-state index >= 15 is 0 Å². The molecule has 29 heavy (non-hydrogen) atoms. The van der Waals surface area contributed by atoms with E-state index in [1.807, 2.05) is 35.7 Å². The van der Waals surface area contributed by atoms with E-state index in [1.54, 1.807) is 17.5 Å². The highest BCUT2D eigenvalue weighted by Gasteiger charge is 2.43. The summed E-state index contributed by atoms with van der Waals surface area (Å²) in [7, 11) is 0. The highest BCUT2D eigenvalue weighted by Crippen LogP contribution is 2.26. The molecular weight excluding hydrogens is 386 g/mol. The summed E-state index contributed by atoms with van der Waals surface area (Å²) in [6.07, 6.45) is 3.81. The van der Waals surface area contributed by atoms with Crippen molar-refractivity contribution in [2.24, 2.45) is 0 Å². The predicted molar refractivity (Wildman–Crippen MR) is 112 cm³/mol. The second kappa shape index (κ2) is 9.47. The fourth-order valence-corrected chi connectivity index (χ4v) is 4.77. The number of aromatic nitrogens is 1. The average molecular weight is 414 g/mol. The van der Waals surface area contributed by atoms with E-state index in [2.05, 4.69) is 25.8 Å². The number of carbonyl (C=O) groups is 2. The van der Waals surface area contributed by atoms with Gasteiger partial charge in [-0.15, -0.1) is 11.3 Å². The average Bonchev–Trinajstić information content (AvgIpc) is 3.41. The van der Waals surface area contributed by atoms with Gasteiger partial charge in [-0.25, -0.2) is 0 Å². The summed E-state index contributed by atoms with van der Waals surface area (Å²) in [5, 5.41) is 11.6. The van der Waals surface area contributed by atoms with Crippen molar-refractivity contribution >= 4 is 23.2 Å². The summed E-state index contributed by atoms with van der Waals surface area (Å²) in [6.45, 7) is 2.72. The first-order valence-electron chi connectivity index (χ1n) is 10.1. The van der Waals surface area contributed by atoms with Crippen LogP contribution < -0.4 is 16.0 Å². The van der Waals surface area contributed by atoms with Crippen LogP contribution in [0.3, 0.4) is 0 Å². The van der Waals surface area contributed by atoms with E-state index in [0.29, 0.717) is 26.1 Å². The Kier molecular flexibility index (Phi) is 6.53. The SMILES string of the molecule is O=C(CC[C@@H]1CNC(=O)[C@H]2C[C@@H](NCc3ccccn3)CN12)NCc1cccs1. The van der Waals surface area contributed by atoms with Crippen molar-refractivity contribution in [1.82, 2.24) is 25.8 Å². The highest BCUT2D eigenvalue weighted by atomic mass is 32.1. The molecule has 2 aromatic rings. The van der Waals surface area contributed by atoms with Crippen LogP contribution >= 0.6 is 11.3 Å². The molecule has 7 nitrogen and oxygen atoms in total. The zero-order valence-electron chi connectivity index (χ0n) is 16.3. The van der Waals surface area contributed by atoms with Crippen LogP contribution in [0.25, 0.3) is 0 Å². The summed E-state index contributed by atoms with van der Waals surface area (Å²) in [6, 6.07) is 10.2. The third kappa shape index (κ3) is 5.20. The molecule has 2 saturated heterocycles. The van der Waals surface area contributed by atoms with Gasteiger partial charge in [0.25, 0.3) is 0 Å². The molecule has 0 aromatic carbocycles. The zero-order valence-corrected chi connectivity index (χ0v) is 17.2. The third-order valence-electron chi connectivity index (χ3n) is 5.67. The van der Waals surface area contributed by atoms with Crippen molar-refractivity contribution < 1.29 is 9.59 Å². The minimum Gasteiger partial charge on any atom is -0.353 e. The lowest BCUT2D eigenvalue weighted by molar-refractivity contribution is -0.129. The Morgan fingerprint density at radius 1 is 1.28 bits per heavy atom. The summed E-state index contributed by atoms with van der Waals surface area (Å²) in [4.78, 5) is 32.4. The van der Waals surface area contributed by atoms with Gasteiger partial charge in [-0.1, -0.05) is 12.1 Å². The van der Waals surface area contributed by atoms with E-state index in [0.717, 1.165) is 30.0 Å². The topological polar surface area (TPSA) is 86.4 Å². The highest BCUT2D eigenvalue weighted by molar-refractivity contribution is 7.09. The number of fused-ring (bicyclic) bond motifs is 1. The molecule has 0 radical (unpaired) electrons. The Morgan fingerprint density at radius 3 is 3.00 bits per heavy atom. The van der Waals surface area contributed by atoms with Crippen LogP contribution in [-0.2, 0) is 22.7 Å². The molecule has 0 spiro atoms. The van der Waals surface area contributed by atoms with Crippen LogP contribution in [-0.4, -0.2) is 52.9 Å². The Bertz CT molecular complexity index is 814. The molecule has 2 aliphatic heterocycles. The molecular formula is C21H27N5O2S. The Hall–Kier alpha value is -2.29. The Balaban J connectivity index is 1.26. The number of piperazine rings is 1. The molecule has 3 N–H and O–H groups in total. The van der Waals surface area contributed by atoms with Gasteiger partial charge in [0, 0.05) is 49.2 Å². The number of carbonyl (C=O) groups excluding carboxylic acids is 2. The van der Waals surface area contributed by atoms with Crippen LogP contribution in [0.5, 0.6) is 0 Å². The maximum atomic E-state index is 12.3. The van der Waals surface area contributed by atoms with Gasteiger partial charge in [0.15, 0.2) is 0 Å². The second-order valence-electron chi connectivity index (χ2n) is 7.64. The number of nitrogens with zero attached hydrogens (tertiary/aromatic N) is 2. The lowest BCUT2D eigenvalue weighted by atomic mass is 10.0. The first-order valence-corrected chi connectivity index (χ1v) is 11.0. The number of thiophene rings is 1. The number of rotatable bonds is 8. The molecule has 2 amide bonds. The van der Waals surface area contributed by atoms with Crippen LogP contribution in [0, 0.1) is 0 Å². The molecule has 2 aliphatic rings. The standard InChI is InChI=1S/C21H27N5O2S/c27-20(24-13-18-5-3-9-29-18)7-6-17-12-25-21(28)19-10-16(14-26(17)19)23-11-15-4-1-2-8-22-15/h1-5,8-9,16-17,19,23H,6-7,10-14H2,(H,24,27)(H,25,28)/t16-,17-,19-/m1/s1. The lowest BCUT2D eigenvalue weighted by Crippen LogP contribution is -2.58. The van der Waals surface area contributed by atoms with Crippen molar-refractivity contribution in [3.63, 3.8) is 0 Å². The fraction of sp³-hybridized carbons (Fsp3) is 0.476. The van der Waals surface area contributed by atoms with Crippen molar-refractivity contribution in [3.8, 4) is 0 Å². The van der Waals surface area contributed by atoms with Gasteiger partial charge < -0.3 is 16.0 Å². The zero-order chi connectivity index (χ0) is 20.1. The number of amides is 2. The molecule has 4 rings (SSSR count). The molecule has 8 heteroatoms. The number of pyridine rings is 1. The molecule has 3 atom stereocenters. The maximum absolute atomic E-state index is 12.3. The third-order valence-corrected chi connectivity index (χ3v) is 6.54. The normalized spacial score (nSPS) is 24.1. The Labute approximate surface area is 174 Å². The number of hydrogen-bond donors (Lipinski definition) is 3. The summed E-state index contributed by atoms with van der Waals surface area (Å²) < 4.78 is 0.